The van der Waals surface area contributed by atoms with E-state index in [0.717, 1.165) is 63.0 Å². The Morgan fingerprint density at radius 1 is 0.578 bits per heavy atom. The molecule has 4 aliphatic rings. The second kappa shape index (κ2) is 20.3. The van der Waals surface area contributed by atoms with E-state index in [1.165, 1.54) is 24.8 Å². The number of hydrogen-bond donors (Lipinski definition) is 0. The van der Waals surface area contributed by atoms with E-state index in [-0.39, 0.29) is 71.9 Å². The Bertz CT molecular complexity index is 2250. The number of rotatable bonds is 18. The van der Waals surface area contributed by atoms with Gasteiger partial charge in [0.2, 0.25) is 0 Å². The van der Waals surface area contributed by atoms with Gasteiger partial charge in [0.15, 0.2) is 43.0 Å². The number of nitrogens with zero attached hydrogens (tertiary/aromatic N) is 10. The molecule has 4 fully saturated rings. The SMILES string of the molecule is CC(C)O[C@@H](c1ncc(Cl)cn1)[C@H](C)S(=O)(=O)Cc1nnc([C@@H]2CC[C@H](C)O2)n1C1CC1.CC(C)O[C@@H](c1ncc(Cl)cn1)[C@H](C)S(=O)(=O)Cc1nnc([C@H]2CC[C@@H](C)O2)n1C1CC1. The van der Waals surface area contributed by atoms with Gasteiger partial charge in [-0.05, 0) is 107 Å². The molecule has 0 bridgehead atoms. The summed E-state index contributed by atoms with van der Waals surface area (Å²) in [6, 6.07) is 0.477. The molecule has 0 amide bonds. The molecule has 2 saturated heterocycles. The molecule has 0 spiro atoms. The Morgan fingerprint density at radius 3 is 1.20 bits per heavy atom. The summed E-state index contributed by atoms with van der Waals surface area (Å²) in [4.78, 5) is 16.8. The predicted molar refractivity (Wildman–Crippen MR) is 238 cm³/mol. The predicted octanol–water partition coefficient (Wildman–Crippen LogP) is 7.53. The van der Waals surface area contributed by atoms with E-state index in [1.807, 2.05) is 50.7 Å². The molecular weight excluding hydrogens is 908 g/mol. The molecule has 6 heterocycles. The first kappa shape index (κ1) is 48.7. The van der Waals surface area contributed by atoms with Gasteiger partial charge in [0.1, 0.15) is 47.6 Å². The second-order valence-corrected chi connectivity index (χ2v) is 23.5. The van der Waals surface area contributed by atoms with Crippen molar-refractivity contribution in [2.45, 2.75) is 190 Å². The lowest BCUT2D eigenvalue weighted by molar-refractivity contribution is 0.00122. The monoisotopic (exact) mass is 966 g/mol. The molecule has 0 N–H and O–H groups in total. The van der Waals surface area contributed by atoms with Crippen LogP contribution in [0.3, 0.4) is 0 Å². The lowest BCUT2D eigenvalue weighted by atomic mass is 10.2. The highest BCUT2D eigenvalue weighted by Crippen LogP contribution is 2.43. The van der Waals surface area contributed by atoms with Gasteiger partial charge in [-0.1, -0.05) is 23.2 Å². The summed E-state index contributed by atoms with van der Waals surface area (Å²) in [5.74, 6) is 2.51. The number of aromatic nitrogens is 10. The minimum absolute atomic E-state index is 0.133. The fourth-order valence-electron chi connectivity index (χ4n) is 8.04. The van der Waals surface area contributed by atoms with Gasteiger partial charge in [-0.2, -0.15) is 0 Å². The van der Waals surface area contributed by atoms with Gasteiger partial charge in [-0.25, -0.2) is 36.8 Å². The third-order valence-corrected chi connectivity index (χ3v) is 16.2. The first-order valence-electron chi connectivity index (χ1n) is 22.2. The summed E-state index contributed by atoms with van der Waals surface area (Å²) in [7, 11) is -7.34. The maximum Gasteiger partial charge on any atom is 0.163 e. The highest BCUT2D eigenvalue weighted by Gasteiger charge is 2.41. The van der Waals surface area contributed by atoms with E-state index in [1.54, 1.807) is 13.8 Å². The maximum atomic E-state index is 13.5. The average Bonchev–Trinajstić information content (AvgIpc) is 4.08. The first-order valence-corrected chi connectivity index (χ1v) is 26.4. The summed E-state index contributed by atoms with van der Waals surface area (Å²) in [5, 5.41) is 16.2. The van der Waals surface area contributed by atoms with Crippen molar-refractivity contribution in [2.24, 2.45) is 0 Å². The summed E-state index contributed by atoms with van der Waals surface area (Å²) < 4.78 is 81.7. The van der Waals surface area contributed by atoms with Crippen molar-refractivity contribution in [1.82, 2.24) is 49.5 Å². The lowest BCUT2D eigenvalue weighted by Gasteiger charge is -2.25. The van der Waals surface area contributed by atoms with Crippen molar-refractivity contribution < 1.29 is 35.8 Å². The molecule has 4 aromatic heterocycles. The summed E-state index contributed by atoms with van der Waals surface area (Å²) in [6.07, 6.45) is 11.4. The van der Waals surface area contributed by atoms with Crippen LogP contribution < -0.4 is 0 Å². The molecule has 8 atom stereocenters. The van der Waals surface area contributed by atoms with Gasteiger partial charge in [0.05, 0.1) is 45.0 Å². The van der Waals surface area contributed by atoms with Gasteiger partial charge >= 0.3 is 0 Å². The van der Waals surface area contributed by atoms with Crippen molar-refractivity contribution in [3.05, 3.63) is 69.8 Å². The normalized spacial score (nSPS) is 23.6. The summed E-state index contributed by atoms with van der Waals surface area (Å²) >= 11 is 11.8. The van der Waals surface area contributed by atoms with Crippen LogP contribution in [0.4, 0.5) is 0 Å². The van der Waals surface area contributed by atoms with Crippen LogP contribution in [0, 0.1) is 0 Å². The zero-order chi connectivity index (χ0) is 46.1. The largest absolute Gasteiger partial charge is 0.367 e. The lowest BCUT2D eigenvalue weighted by Crippen LogP contribution is -2.32. The average molecular weight is 968 g/mol. The number of halogens is 2. The van der Waals surface area contributed by atoms with Crippen molar-refractivity contribution in [2.75, 3.05) is 0 Å². The van der Waals surface area contributed by atoms with E-state index in [2.05, 4.69) is 40.3 Å². The quantitative estimate of drug-likeness (QED) is 0.0941. The Balaban J connectivity index is 0.000000191. The molecule has 64 heavy (non-hydrogen) atoms. The summed E-state index contributed by atoms with van der Waals surface area (Å²) in [5.41, 5.74) is 0. The molecule has 0 unspecified atom stereocenters. The van der Waals surface area contributed by atoms with Crippen LogP contribution in [0.15, 0.2) is 24.8 Å². The standard InChI is InChI=1S/2C21H30ClN5O4S/c2*1-12(2)30-19(20-23-9-15(22)10-24-20)14(4)32(28,29)11-18-25-26-21(27(18)16-6-7-16)17-8-5-13(3)31-17/h2*9-10,12-14,16-17,19H,5-8,11H2,1-4H3/t13-,14+,17-,19-;13-,14-,17-,19+/m10/s1. The van der Waals surface area contributed by atoms with Crippen molar-refractivity contribution >= 4 is 42.9 Å². The number of sulfone groups is 2. The van der Waals surface area contributed by atoms with Crippen LogP contribution in [0.5, 0.6) is 0 Å². The van der Waals surface area contributed by atoms with Crippen LogP contribution in [-0.4, -0.2) is 101 Å². The van der Waals surface area contributed by atoms with E-state index in [0.29, 0.717) is 21.7 Å². The number of ether oxygens (including phenoxy) is 4. The minimum atomic E-state index is -3.67. The van der Waals surface area contributed by atoms with Gasteiger partial charge in [0.25, 0.3) is 0 Å². The molecule has 22 heteroatoms. The fraction of sp³-hybridized carbons (Fsp3) is 0.714. The van der Waals surface area contributed by atoms with E-state index < -0.39 is 42.4 Å². The maximum absolute atomic E-state index is 13.5. The van der Waals surface area contributed by atoms with E-state index in [9.17, 15) is 16.8 Å². The molecular formula is C42H60Cl2N10O8S2. The van der Waals surface area contributed by atoms with Crippen LogP contribution >= 0.6 is 23.2 Å². The van der Waals surface area contributed by atoms with Crippen molar-refractivity contribution in [3.8, 4) is 0 Å². The highest BCUT2D eigenvalue weighted by atomic mass is 35.5. The number of hydrogen-bond acceptors (Lipinski definition) is 16. The Hall–Kier alpha value is -3.24. The molecule has 18 nitrogen and oxygen atoms in total. The Labute approximate surface area is 385 Å². The Kier molecular flexibility index (Phi) is 15.5. The molecule has 0 radical (unpaired) electrons. The molecule has 8 rings (SSSR count). The van der Waals surface area contributed by atoms with Gasteiger partial charge in [-0.3, -0.25) is 0 Å². The Morgan fingerprint density at radius 2 is 0.922 bits per heavy atom. The van der Waals surface area contributed by atoms with Crippen LogP contribution in [0.25, 0.3) is 0 Å². The molecule has 2 aliphatic heterocycles. The molecule has 2 aliphatic carbocycles. The zero-order valence-electron chi connectivity index (χ0n) is 37.6. The molecule has 0 aromatic carbocycles. The van der Waals surface area contributed by atoms with Crippen molar-refractivity contribution in [1.29, 1.82) is 0 Å². The summed E-state index contributed by atoms with van der Waals surface area (Å²) in [6.45, 7) is 14.7. The van der Waals surface area contributed by atoms with Crippen LogP contribution in [0.1, 0.15) is 178 Å². The van der Waals surface area contributed by atoms with Gasteiger partial charge in [0, 0.05) is 36.9 Å². The van der Waals surface area contributed by atoms with Gasteiger partial charge < -0.3 is 28.1 Å². The fourth-order valence-corrected chi connectivity index (χ4v) is 11.0. The van der Waals surface area contributed by atoms with Gasteiger partial charge in [-0.15, -0.1) is 20.4 Å². The minimum Gasteiger partial charge on any atom is -0.367 e. The second-order valence-electron chi connectivity index (χ2n) is 17.9. The topological polar surface area (TPSA) is 218 Å². The third-order valence-electron chi connectivity index (χ3n) is 11.7. The van der Waals surface area contributed by atoms with E-state index in [4.69, 9.17) is 42.1 Å². The van der Waals surface area contributed by atoms with Crippen LogP contribution in [0.2, 0.25) is 10.0 Å². The van der Waals surface area contributed by atoms with Crippen molar-refractivity contribution in [3.63, 3.8) is 0 Å². The zero-order valence-corrected chi connectivity index (χ0v) is 40.8. The molecule has 4 aromatic rings. The smallest absolute Gasteiger partial charge is 0.163 e. The van der Waals surface area contributed by atoms with E-state index >= 15 is 0 Å². The van der Waals surface area contributed by atoms with Crippen LogP contribution in [-0.2, 0) is 50.1 Å². The highest BCUT2D eigenvalue weighted by molar-refractivity contribution is 7.91. The third kappa shape index (κ3) is 11.8. The molecule has 352 valence electrons. The molecule has 2 saturated carbocycles. The first-order chi connectivity index (χ1) is 30.3.